The van der Waals surface area contributed by atoms with Crippen molar-refractivity contribution in [3.05, 3.63) is 88.5 Å². The van der Waals surface area contributed by atoms with Crippen molar-refractivity contribution < 1.29 is 43.3 Å². The monoisotopic (exact) mass is 782 g/mol. The van der Waals surface area contributed by atoms with Crippen LogP contribution in [0.1, 0.15) is 45.6 Å². The number of aryl methyl sites for hydroxylation is 1. The Balaban J connectivity index is 1.81. The fraction of sp³-hybridized carbons (Fsp3) is 0.325. The lowest BCUT2D eigenvalue weighted by Gasteiger charge is -2.30. The van der Waals surface area contributed by atoms with Gasteiger partial charge in [-0.05, 0) is 66.9 Å². The van der Waals surface area contributed by atoms with Gasteiger partial charge in [0.2, 0.25) is 23.6 Å². The Labute approximate surface area is 329 Å². The number of carbonyl (C=O) groups excluding carboxylic acids is 5. The Kier molecular flexibility index (Phi) is 15.3. The summed E-state index contributed by atoms with van der Waals surface area (Å²) in [7, 11) is 1.37. The predicted molar refractivity (Wildman–Crippen MR) is 209 cm³/mol. The molecule has 0 aromatic heterocycles. The molecule has 4 rings (SSSR count). The average molecular weight is 783 g/mol. The lowest BCUT2D eigenvalue weighted by atomic mass is 9.93. The van der Waals surface area contributed by atoms with Gasteiger partial charge < -0.3 is 52.2 Å². The summed E-state index contributed by atoms with van der Waals surface area (Å²) < 4.78 is 12.0. The summed E-state index contributed by atoms with van der Waals surface area (Å²) in [6.45, 7) is 2.98. The summed E-state index contributed by atoms with van der Waals surface area (Å²) in [5, 5.41) is 28.5. The van der Waals surface area contributed by atoms with Gasteiger partial charge in [-0.25, -0.2) is 4.79 Å². The molecule has 1 heterocycles. The standard InChI is InChI=1S/C40H46N8O9/c1-23-4-8-28(26(18-23)7-11-35(50)51)38(53)45-22-34(49)48(3)36-27-6-10-33(57-17-14-43)30(21-27)29-19-25(5-9-32(29)56-16-13-42)20-31(39(54)44-15-12-41)47-37(52)24(2)46-40(36)55/h4-11,18-19,21,24,31,36H,13-17,20,22,42-43H2,1-3H3,(H,44,54)(H,45,53)(H,46,55)(H,47,52)(H,50,51)/b11-7+/t24-,31-,36-/m0/s1. The largest absolute Gasteiger partial charge is 0.492 e. The van der Waals surface area contributed by atoms with E-state index in [9.17, 15) is 28.8 Å². The van der Waals surface area contributed by atoms with Crippen LogP contribution in [0.25, 0.3) is 17.2 Å². The quantitative estimate of drug-likeness (QED) is 0.0873. The zero-order valence-electron chi connectivity index (χ0n) is 31.8. The zero-order chi connectivity index (χ0) is 41.6. The Morgan fingerprint density at radius 1 is 0.947 bits per heavy atom. The molecule has 3 aromatic carbocycles. The average Bonchev–Trinajstić information content (AvgIpc) is 3.19. The van der Waals surface area contributed by atoms with Crippen molar-refractivity contribution in [2.24, 2.45) is 11.5 Å². The number of carbonyl (C=O) groups is 6. The van der Waals surface area contributed by atoms with Gasteiger partial charge in [0.15, 0.2) is 0 Å². The molecule has 0 saturated carbocycles. The summed E-state index contributed by atoms with van der Waals surface area (Å²) in [5.74, 6) is -3.92. The van der Waals surface area contributed by atoms with Gasteiger partial charge in [0.25, 0.3) is 5.91 Å². The number of ether oxygens (including phenoxy) is 2. The van der Waals surface area contributed by atoms with Crippen LogP contribution < -0.4 is 42.2 Å². The van der Waals surface area contributed by atoms with Gasteiger partial charge in [0, 0.05) is 49.3 Å². The highest BCUT2D eigenvalue weighted by molar-refractivity contribution is 6.01. The second-order valence-electron chi connectivity index (χ2n) is 13.1. The number of aliphatic carboxylic acids is 1. The number of nitrogens with one attached hydrogen (secondary N) is 4. The second-order valence-corrected chi connectivity index (χ2v) is 13.1. The van der Waals surface area contributed by atoms with Crippen LogP contribution >= 0.6 is 0 Å². The van der Waals surface area contributed by atoms with E-state index in [-0.39, 0.29) is 44.8 Å². The van der Waals surface area contributed by atoms with E-state index in [1.165, 1.54) is 26.1 Å². The predicted octanol–water partition coefficient (Wildman–Crippen LogP) is 0.550. The van der Waals surface area contributed by atoms with Crippen LogP contribution in [0.5, 0.6) is 11.5 Å². The van der Waals surface area contributed by atoms with E-state index in [2.05, 4.69) is 21.3 Å². The third-order valence-corrected chi connectivity index (χ3v) is 8.86. The Morgan fingerprint density at radius 2 is 1.61 bits per heavy atom. The minimum atomic E-state index is -1.38. The number of benzene rings is 3. The highest BCUT2D eigenvalue weighted by Crippen LogP contribution is 2.40. The lowest BCUT2D eigenvalue weighted by molar-refractivity contribution is -0.139. The molecule has 0 radical (unpaired) electrons. The first-order valence-corrected chi connectivity index (χ1v) is 18.0. The zero-order valence-corrected chi connectivity index (χ0v) is 31.8. The topological polar surface area (TPSA) is 268 Å². The maximum absolute atomic E-state index is 14.2. The van der Waals surface area contributed by atoms with Gasteiger partial charge >= 0.3 is 5.97 Å². The van der Waals surface area contributed by atoms with E-state index in [0.717, 1.165) is 16.5 Å². The molecule has 17 heteroatoms. The number of nitriles is 1. The molecule has 0 fully saturated rings. The SMILES string of the molecule is Cc1ccc(C(=O)NCC(=O)N(C)[C@@H]2C(=O)N[C@@H](C)C(=O)N[C@H](C(=O)NCC#N)Cc3ccc(OCCN)c(c3)-c3cc2ccc3OCCN)c(/C=C/C(=O)O)c1. The van der Waals surface area contributed by atoms with E-state index in [4.69, 9.17) is 31.3 Å². The molecule has 1 aliphatic rings. The van der Waals surface area contributed by atoms with Crippen molar-refractivity contribution >= 4 is 41.6 Å². The first-order valence-electron chi connectivity index (χ1n) is 18.0. The van der Waals surface area contributed by atoms with Gasteiger partial charge in [0.05, 0.1) is 12.6 Å². The fourth-order valence-electron chi connectivity index (χ4n) is 6.04. The maximum atomic E-state index is 14.2. The summed E-state index contributed by atoms with van der Waals surface area (Å²) in [4.78, 5) is 80.4. The second kappa shape index (κ2) is 20.2. The lowest BCUT2D eigenvalue weighted by Crippen LogP contribution is -2.55. The molecule has 3 atom stereocenters. The fourth-order valence-corrected chi connectivity index (χ4v) is 6.04. The van der Waals surface area contributed by atoms with Gasteiger partial charge in [-0.1, -0.05) is 29.8 Å². The highest BCUT2D eigenvalue weighted by Gasteiger charge is 2.33. The molecule has 0 spiro atoms. The molecular formula is C40H46N8O9. The first kappa shape index (κ1) is 43.0. The van der Waals surface area contributed by atoms with E-state index < -0.39 is 60.2 Å². The van der Waals surface area contributed by atoms with E-state index in [1.807, 2.05) is 6.07 Å². The summed E-state index contributed by atoms with van der Waals surface area (Å²) >= 11 is 0. The van der Waals surface area contributed by atoms with E-state index >= 15 is 0 Å². The van der Waals surface area contributed by atoms with Crippen molar-refractivity contribution in [1.82, 2.24) is 26.2 Å². The number of likely N-dealkylation sites (N-methyl/N-ethyl adjacent to an activating group) is 1. The molecule has 0 unspecified atom stereocenters. The molecule has 1 aliphatic heterocycles. The van der Waals surface area contributed by atoms with Crippen LogP contribution in [0.4, 0.5) is 0 Å². The third-order valence-electron chi connectivity index (χ3n) is 8.86. The normalized spacial score (nSPS) is 16.6. The molecule has 4 bridgehead atoms. The van der Waals surface area contributed by atoms with Crippen molar-refractivity contribution in [3.8, 4) is 28.7 Å². The Hall–Kier alpha value is -6.77. The number of hydrogen-bond donors (Lipinski definition) is 7. The molecule has 5 amide bonds. The van der Waals surface area contributed by atoms with E-state index in [1.54, 1.807) is 55.5 Å². The number of carboxylic acid groups (broad SMARTS) is 1. The van der Waals surface area contributed by atoms with Gasteiger partial charge in [0.1, 0.15) is 49.4 Å². The highest BCUT2D eigenvalue weighted by atomic mass is 16.5. The molecular weight excluding hydrogens is 736 g/mol. The number of fused-ring (bicyclic) bond motifs is 5. The van der Waals surface area contributed by atoms with Crippen molar-refractivity contribution in [2.75, 3.05) is 46.4 Å². The molecule has 17 nitrogen and oxygen atoms in total. The van der Waals surface area contributed by atoms with Gasteiger partial charge in [-0.15, -0.1) is 0 Å². The number of nitrogens with zero attached hydrogens (tertiary/aromatic N) is 2. The van der Waals surface area contributed by atoms with Crippen LogP contribution in [0.15, 0.2) is 60.7 Å². The van der Waals surface area contributed by atoms with Gasteiger partial charge in [-0.3, -0.25) is 24.0 Å². The summed E-state index contributed by atoms with van der Waals surface area (Å²) in [6.07, 6.45) is 2.17. The molecule has 300 valence electrons. The first-order chi connectivity index (χ1) is 27.3. The number of nitrogens with two attached hydrogens (primary N) is 2. The molecule has 3 aromatic rings. The van der Waals surface area contributed by atoms with Crippen LogP contribution in [-0.2, 0) is 30.4 Å². The molecule has 9 N–H and O–H groups in total. The number of hydrogen-bond acceptors (Lipinski definition) is 11. The molecule has 0 saturated heterocycles. The Morgan fingerprint density at radius 3 is 2.26 bits per heavy atom. The van der Waals surface area contributed by atoms with Crippen molar-refractivity contribution in [3.63, 3.8) is 0 Å². The van der Waals surface area contributed by atoms with Crippen molar-refractivity contribution in [1.29, 1.82) is 5.26 Å². The smallest absolute Gasteiger partial charge is 0.328 e. The van der Waals surface area contributed by atoms with Crippen LogP contribution in [0.3, 0.4) is 0 Å². The molecule has 57 heavy (non-hydrogen) atoms. The minimum Gasteiger partial charge on any atom is -0.492 e. The summed E-state index contributed by atoms with van der Waals surface area (Å²) in [5.41, 5.74) is 14.6. The third kappa shape index (κ3) is 11.4. The van der Waals surface area contributed by atoms with Gasteiger partial charge in [-0.2, -0.15) is 5.26 Å². The molecule has 0 aliphatic carbocycles. The number of rotatable bonds is 14. The Bertz CT molecular complexity index is 2080. The van der Waals surface area contributed by atoms with Crippen molar-refractivity contribution in [2.45, 2.75) is 38.4 Å². The maximum Gasteiger partial charge on any atom is 0.328 e. The number of amides is 5. The minimum absolute atomic E-state index is 0.00195. The van der Waals surface area contributed by atoms with Crippen LogP contribution in [0, 0.1) is 18.3 Å². The number of carboxylic acids is 1. The van der Waals surface area contributed by atoms with Crippen LogP contribution in [0.2, 0.25) is 0 Å². The van der Waals surface area contributed by atoms with Crippen LogP contribution in [-0.4, -0.2) is 104 Å². The summed E-state index contributed by atoms with van der Waals surface area (Å²) in [6, 6.07) is 12.9. The van der Waals surface area contributed by atoms with E-state index in [0.29, 0.717) is 39.3 Å².